The van der Waals surface area contributed by atoms with Crippen molar-refractivity contribution in [3.63, 3.8) is 0 Å². The molecular weight excluding hydrogens is 1110 g/mol. The van der Waals surface area contributed by atoms with Gasteiger partial charge in [-0.2, -0.15) is 0 Å². The fourth-order valence-electron chi connectivity index (χ4n) is 11.2. The maximum atomic E-state index is 12.9. The minimum atomic E-state index is -4.39. The first-order chi connectivity index (χ1) is 43.0. The van der Waals surface area contributed by atoms with E-state index in [1.807, 2.05) is 21.1 Å². The molecule has 2 atom stereocenters. The second-order valence-corrected chi connectivity index (χ2v) is 28.5. The Balaban J connectivity index is 3.88. The Labute approximate surface area is 546 Å². The van der Waals surface area contributed by atoms with E-state index in [0.29, 0.717) is 23.9 Å². The quantitative estimate of drug-likeness (QED) is 0.0211. The van der Waals surface area contributed by atoms with Gasteiger partial charge in [0.25, 0.3) is 0 Å². The number of carbonyl (C=O) groups is 2. The summed E-state index contributed by atoms with van der Waals surface area (Å²) >= 11 is 0. The van der Waals surface area contributed by atoms with Crippen LogP contribution in [-0.2, 0) is 32.7 Å². The molecule has 0 amide bonds. The summed E-state index contributed by atoms with van der Waals surface area (Å²) in [5, 5.41) is 0. The zero-order valence-electron chi connectivity index (χ0n) is 59.0. The number of unbranched alkanes of at least 4 members (excludes halogenated alkanes) is 47. The van der Waals surface area contributed by atoms with Gasteiger partial charge in [-0.3, -0.25) is 18.6 Å². The number of ether oxygens (including phenoxy) is 2. The van der Waals surface area contributed by atoms with Gasteiger partial charge in [-0.25, -0.2) is 4.57 Å². The van der Waals surface area contributed by atoms with E-state index in [2.05, 4.69) is 74.6 Å². The molecule has 0 aromatic carbocycles. The largest absolute Gasteiger partial charge is 0.472 e. The number of esters is 2. The number of allylic oxidation sites excluding steroid dienone is 10. The summed E-state index contributed by atoms with van der Waals surface area (Å²) in [4.78, 5) is 35.9. The Hall–Kier alpha value is -2.29. The average molecular weight is 1260 g/mol. The fraction of sp³-hybridized carbons (Fsp3) is 0.846. The van der Waals surface area contributed by atoms with Gasteiger partial charge in [0, 0.05) is 12.8 Å². The lowest BCUT2D eigenvalue weighted by atomic mass is 10.0. The van der Waals surface area contributed by atoms with E-state index >= 15 is 0 Å². The Morgan fingerprint density at radius 1 is 0.364 bits per heavy atom. The Morgan fingerprint density at radius 3 is 0.977 bits per heavy atom. The zero-order chi connectivity index (χ0) is 64.1. The molecule has 0 radical (unpaired) electrons. The molecule has 0 saturated heterocycles. The van der Waals surface area contributed by atoms with Gasteiger partial charge in [0.1, 0.15) is 19.8 Å². The predicted octanol–water partition coefficient (Wildman–Crippen LogP) is 24.9. The van der Waals surface area contributed by atoms with E-state index in [-0.39, 0.29) is 25.6 Å². The van der Waals surface area contributed by atoms with Crippen LogP contribution in [0, 0.1) is 0 Å². The molecular formula is C78H147NO8P+. The third-order valence-corrected chi connectivity index (χ3v) is 18.0. The topological polar surface area (TPSA) is 108 Å². The van der Waals surface area contributed by atoms with Crippen molar-refractivity contribution in [2.24, 2.45) is 0 Å². The number of phosphoric ester groups is 1. The van der Waals surface area contributed by atoms with Crippen LogP contribution in [0.1, 0.15) is 373 Å². The second kappa shape index (κ2) is 69.1. The van der Waals surface area contributed by atoms with Crippen LogP contribution in [0.15, 0.2) is 60.8 Å². The smallest absolute Gasteiger partial charge is 0.462 e. The minimum Gasteiger partial charge on any atom is -0.462 e. The summed E-state index contributed by atoms with van der Waals surface area (Å²) in [6.45, 7) is 4.37. The highest BCUT2D eigenvalue weighted by molar-refractivity contribution is 7.47. The average Bonchev–Trinajstić information content (AvgIpc) is 3.68. The van der Waals surface area contributed by atoms with Crippen LogP contribution in [0.25, 0.3) is 0 Å². The summed E-state index contributed by atoms with van der Waals surface area (Å²) in [6, 6.07) is 0. The van der Waals surface area contributed by atoms with E-state index < -0.39 is 26.5 Å². The predicted molar refractivity (Wildman–Crippen MR) is 381 cm³/mol. The first-order valence-electron chi connectivity index (χ1n) is 38.0. The third-order valence-electron chi connectivity index (χ3n) is 17.0. The van der Waals surface area contributed by atoms with E-state index in [1.54, 1.807) is 0 Å². The number of nitrogens with zero attached hydrogens (tertiary/aromatic N) is 1. The molecule has 10 heteroatoms. The molecule has 0 aliphatic heterocycles. The molecule has 0 saturated carbocycles. The van der Waals surface area contributed by atoms with Crippen LogP contribution < -0.4 is 0 Å². The summed E-state index contributed by atoms with van der Waals surface area (Å²) in [7, 11) is 1.49. The number of phosphoric acid groups is 1. The molecule has 0 aromatic rings. The van der Waals surface area contributed by atoms with Gasteiger partial charge in [0.05, 0.1) is 27.7 Å². The molecule has 0 aromatic heterocycles. The molecule has 0 fully saturated rings. The number of carbonyl (C=O) groups excluding carboxylic acids is 2. The second-order valence-electron chi connectivity index (χ2n) is 27.0. The van der Waals surface area contributed by atoms with Crippen LogP contribution in [0.2, 0.25) is 0 Å². The maximum absolute atomic E-state index is 12.9. The minimum absolute atomic E-state index is 0.0310. The van der Waals surface area contributed by atoms with Crippen LogP contribution in [0.4, 0.5) is 0 Å². The van der Waals surface area contributed by atoms with Crippen molar-refractivity contribution in [1.29, 1.82) is 0 Å². The molecule has 0 spiro atoms. The van der Waals surface area contributed by atoms with Crippen molar-refractivity contribution in [2.75, 3.05) is 47.5 Å². The van der Waals surface area contributed by atoms with Crippen LogP contribution in [0.5, 0.6) is 0 Å². The third kappa shape index (κ3) is 72.8. The number of hydrogen-bond acceptors (Lipinski definition) is 7. The molecule has 0 aliphatic rings. The van der Waals surface area contributed by atoms with Crippen molar-refractivity contribution in [1.82, 2.24) is 0 Å². The summed E-state index contributed by atoms with van der Waals surface area (Å²) in [6.07, 6.45) is 92.3. The lowest BCUT2D eigenvalue weighted by molar-refractivity contribution is -0.870. The molecule has 0 bridgehead atoms. The SMILES string of the molecule is CC/C=C\C/C=C\C/C=C\C/C=C\CCCCCCCCCCCCC(=O)OC(COC(=O)CCCCCCCCCCCCCCCCCCCCCCCCCCCCCCC/C=C\CCCCCCCCCC)COP(=O)(O)OCC[N+](C)(C)C. The van der Waals surface area contributed by atoms with Crippen LogP contribution >= 0.6 is 7.82 Å². The highest BCUT2D eigenvalue weighted by Crippen LogP contribution is 2.43. The standard InChI is InChI=1S/C78H146NO8P/c1-6-8-10-12-14-16-18-20-22-24-26-28-30-31-32-33-34-35-36-37-38-39-40-41-42-43-44-45-46-47-49-50-52-54-56-58-60-62-64-66-68-70-77(80)84-74-76(75-86-88(82,83)85-73-72-79(3,4)5)87-78(81)71-69-67-65-63-61-59-57-55-53-51-48-29-27-25-23-21-19-17-15-13-11-9-7-2/h9,11,15,17,21,23-24,26-27,29,76H,6-8,10,12-14,16,18-20,22,25,28,30-75H2,1-5H3/p+1/b11-9-,17-15-,23-21-,26-24-,29-27-. The van der Waals surface area contributed by atoms with Gasteiger partial charge in [0.15, 0.2) is 6.10 Å². The Bertz CT molecular complexity index is 1670. The summed E-state index contributed by atoms with van der Waals surface area (Å²) in [5.74, 6) is -0.787. The van der Waals surface area contributed by atoms with Crippen LogP contribution in [0.3, 0.4) is 0 Å². The van der Waals surface area contributed by atoms with Crippen molar-refractivity contribution < 1.29 is 42.1 Å². The van der Waals surface area contributed by atoms with E-state index in [1.165, 1.54) is 270 Å². The summed E-state index contributed by atoms with van der Waals surface area (Å²) in [5.41, 5.74) is 0. The number of hydrogen-bond donors (Lipinski definition) is 1. The zero-order valence-corrected chi connectivity index (χ0v) is 59.9. The molecule has 2 unspecified atom stereocenters. The number of likely N-dealkylation sites (N-methyl/N-ethyl adjacent to an activating group) is 1. The lowest BCUT2D eigenvalue weighted by Crippen LogP contribution is -2.37. The number of rotatable bonds is 71. The first kappa shape index (κ1) is 85.7. The molecule has 88 heavy (non-hydrogen) atoms. The van der Waals surface area contributed by atoms with Gasteiger partial charge in [-0.05, 0) is 77.0 Å². The van der Waals surface area contributed by atoms with Crippen molar-refractivity contribution in [3.05, 3.63) is 60.8 Å². The van der Waals surface area contributed by atoms with Gasteiger partial charge in [-0.15, -0.1) is 0 Å². The first-order valence-corrected chi connectivity index (χ1v) is 39.5. The van der Waals surface area contributed by atoms with Crippen molar-refractivity contribution in [2.45, 2.75) is 380 Å². The van der Waals surface area contributed by atoms with Crippen molar-refractivity contribution >= 4 is 19.8 Å². The summed E-state index contributed by atoms with van der Waals surface area (Å²) < 4.78 is 34.7. The van der Waals surface area contributed by atoms with E-state index in [9.17, 15) is 19.0 Å². The van der Waals surface area contributed by atoms with Gasteiger partial charge >= 0.3 is 19.8 Å². The van der Waals surface area contributed by atoms with Gasteiger partial charge in [0.2, 0.25) is 0 Å². The molecule has 0 heterocycles. The molecule has 0 rings (SSSR count). The Kier molecular flexibility index (Phi) is 67.3. The normalized spacial score (nSPS) is 13.4. The maximum Gasteiger partial charge on any atom is 0.472 e. The highest BCUT2D eigenvalue weighted by atomic mass is 31.2. The van der Waals surface area contributed by atoms with E-state index in [4.69, 9.17) is 18.5 Å². The van der Waals surface area contributed by atoms with Crippen LogP contribution in [-0.4, -0.2) is 74.9 Å². The highest BCUT2D eigenvalue weighted by Gasteiger charge is 2.27. The Morgan fingerprint density at radius 2 is 0.648 bits per heavy atom. The molecule has 1 N–H and O–H groups in total. The molecule has 9 nitrogen and oxygen atoms in total. The molecule has 516 valence electrons. The van der Waals surface area contributed by atoms with Gasteiger partial charge in [-0.1, -0.05) is 344 Å². The van der Waals surface area contributed by atoms with E-state index in [0.717, 1.165) is 70.6 Å². The number of quaternary nitrogens is 1. The molecule has 0 aliphatic carbocycles. The fourth-order valence-corrected chi connectivity index (χ4v) is 12.0. The lowest BCUT2D eigenvalue weighted by Gasteiger charge is -2.24. The van der Waals surface area contributed by atoms with Crippen molar-refractivity contribution in [3.8, 4) is 0 Å². The van der Waals surface area contributed by atoms with Gasteiger partial charge < -0.3 is 18.9 Å². The monoisotopic (exact) mass is 1260 g/mol.